The number of rotatable bonds is 7. The van der Waals surface area contributed by atoms with Crippen LogP contribution < -0.4 is 5.73 Å². The van der Waals surface area contributed by atoms with Gasteiger partial charge in [0.25, 0.3) is 0 Å². The molecule has 0 aliphatic carbocycles. The van der Waals surface area contributed by atoms with E-state index in [-0.39, 0.29) is 0 Å². The van der Waals surface area contributed by atoms with E-state index in [4.69, 9.17) is 5.73 Å². The smallest absolute Gasteiger partial charge is 0.0223 e. The van der Waals surface area contributed by atoms with Crippen LogP contribution in [0.15, 0.2) is 0 Å². The maximum atomic E-state index is 5.76. The van der Waals surface area contributed by atoms with Gasteiger partial charge in [0.2, 0.25) is 0 Å². The van der Waals surface area contributed by atoms with Gasteiger partial charge in [-0.05, 0) is 59.8 Å². The van der Waals surface area contributed by atoms with Gasteiger partial charge in [-0.1, -0.05) is 6.42 Å². The van der Waals surface area contributed by atoms with Gasteiger partial charge in [0.1, 0.15) is 0 Å². The lowest BCUT2D eigenvalue weighted by atomic mass is 10.1. The second-order valence-electron chi connectivity index (χ2n) is 5.57. The van der Waals surface area contributed by atoms with Crippen LogP contribution in [0.4, 0.5) is 0 Å². The van der Waals surface area contributed by atoms with Crippen LogP contribution in [-0.4, -0.2) is 55.6 Å². The summed E-state index contributed by atoms with van der Waals surface area (Å²) in [5.74, 6) is 0. The Hall–Kier alpha value is -0.120. The summed E-state index contributed by atoms with van der Waals surface area (Å²) < 4.78 is 0. The molecule has 0 aromatic carbocycles. The molecule has 1 fully saturated rings. The van der Waals surface area contributed by atoms with Crippen LogP contribution in [0.2, 0.25) is 0 Å². The Morgan fingerprint density at radius 1 is 1.38 bits per heavy atom. The highest BCUT2D eigenvalue weighted by Gasteiger charge is 2.23. The predicted molar refractivity (Wildman–Crippen MR) is 70.6 cm³/mol. The first-order valence-corrected chi connectivity index (χ1v) is 6.74. The van der Waals surface area contributed by atoms with E-state index in [1.165, 1.54) is 51.7 Å². The van der Waals surface area contributed by atoms with Crippen LogP contribution in [-0.2, 0) is 0 Å². The summed E-state index contributed by atoms with van der Waals surface area (Å²) in [5, 5.41) is 0. The fourth-order valence-electron chi connectivity index (χ4n) is 2.60. The molecule has 1 aliphatic heterocycles. The lowest BCUT2D eigenvalue weighted by molar-refractivity contribution is 0.204. The lowest BCUT2D eigenvalue weighted by Crippen LogP contribution is -2.38. The highest BCUT2D eigenvalue weighted by Crippen LogP contribution is 2.18. The highest BCUT2D eigenvalue weighted by atomic mass is 15.2. The molecular weight excluding hydrogens is 198 g/mol. The average molecular weight is 227 g/mol. The number of hydrogen-bond donors (Lipinski definition) is 1. The minimum atomic E-state index is 0.371. The zero-order valence-electron chi connectivity index (χ0n) is 11.3. The standard InChI is InChI=1S/C13H29N3/c1-12(14)7-4-5-9-16-10-6-8-13(16)11-15(2)3/h12-13H,4-11,14H2,1-3H3. The molecule has 0 radical (unpaired) electrons. The van der Waals surface area contributed by atoms with Crippen molar-refractivity contribution in [2.45, 2.75) is 51.1 Å². The minimum absolute atomic E-state index is 0.371. The fraction of sp³-hybridized carbons (Fsp3) is 1.00. The van der Waals surface area contributed by atoms with Gasteiger partial charge >= 0.3 is 0 Å². The largest absolute Gasteiger partial charge is 0.328 e. The van der Waals surface area contributed by atoms with Crippen molar-refractivity contribution >= 4 is 0 Å². The highest BCUT2D eigenvalue weighted by molar-refractivity contribution is 4.80. The molecule has 0 bridgehead atoms. The van der Waals surface area contributed by atoms with E-state index in [1.807, 2.05) is 0 Å². The molecule has 16 heavy (non-hydrogen) atoms. The van der Waals surface area contributed by atoms with E-state index in [0.717, 1.165) is 6.04 Å². The summed E-state index contributed by atoms with van der Waals surface area (Å²) in [4.78, 5) is 4.98. The molecule has 0 aromatic heterocycles. The van der Waals surface area contributed by atoms with Crippen molar-refractivity contribution in [2.24, 2.45) is 5.73 Å². The number of unbranched alkanes of at least 4 members (excludes halogenated alkanes) is 1. The summed E-state index contributed by atoms with van der Waals surface area (Å²) in [6.07, 6.45) is 6.53. The Morgan fingerprint density at radius 2 is 2.12 bits per heavy atom. The molecule has 3 nitrogen and oxygen atoms in total. The normalized spacial score (nSPS) is 24.2. The lowest BCUT2D eigenvalue weighted by Gasteiger charge is -2.27. The van der Waals surface area contributed by atoms with Crippen molar-refractivity contribution < 1.29 is 0 Å². The van der Waals surface area contributed by atoms with Gasteiger partial charge in [0.15, 0.2) is 0 Å². The van der Waals surface area contributed by atoms with Crippen LogP contribution in [0.3, 0.4) is 0 Å². The Labute approximate surface area is 101 Å². The first kappa shape index (κ1) is 13.9. The third-order valence-electron chi connectivity index (χ3n) is 3.43. The van der Waals surface area contributed by atoms with Crippen LogP contribution in [0.5, 0.6) is 0 Å². The van der Waals surface area contributed by atoms with E-state index in [9.17, 15) is 0 Å². The monoisotopic (exact) mass is 227 g/mol. The molecule has 0 spiro atoms. The topological polar surface area (TPSA) is 32.5 Å². The van der Waals surface area contributed by atoms with Crippen molar-refractivity contribution in [3.8, 4) is 0 Å². The second kappa shape index (κ2) is 7.25. The van der Waals surface area contributed by atoms with Crippen LogP contribution in [0.25, 0.3) is 0 Å². The summed E-state index contributed by atoms with van der Waals surface area (Å²) in [5.41, 5.74) is 5.76. The Kier molecular flexibility index (Phi) is 6.32. The quantitative estimate of drug-likeness (QED) is 0.670. The Balaban J connectivity index is 2.14. The molecule has 2 unspecified atom stereocenters. The molecule has 96 valence electrons. The van der Waals surface area contributed by atoms with Gasteiger partial charge in [0, 0.05) is 18.6 Å². The zero-order valence-corrected chi connectivity index (χ0v) is 11.3. The summed E-state index contributed by atoms with van der Waals surface area (Å²) in [6.45, 7) is 5.89. The van der Waals surface area contributed by atoms with Gasteiger partial charge < -0.3 is 10.6 Å². The van der Waals surface area contributed by atoms with E-state index in [0.29, 0.717) is 6.04 Å². The van der Waals surface area contributed by atoms with E-state index >= 15 is 0 Å². The molecule has 2 N–H and O–H groups in total. The number of nitrogens with zero attached hydrogens (tertiary/aromatic N) is 2. The van der Waals surface area contributed by atoms with Crippen LogP contribution in [0, 0.1) is 0 Å². The molecule has 2 atom stereocenters. The van der Waals surface area contributed by atoms with Crippen molar-refractivity contribution in [2.75, 3.05) is 33.7 Å². The Bertz CT molecular complexity index is 180. The summed E-state index contributed by atoms with van der Waals surface area (Å²) in [6, 6.07) is 1.17. The van der Waals surface area contributed by atoms with E-state index in [1.54, 1.807) is 0 Å². The van der Waals surface area contributed by atoms with Crippen LogP contribution >= 0.6 is 0 Å². The maximum absolute atomic E-state index is 5.76. The van der Waals surface area contributed by atoms with E-state index in [2.05, 4.69) is 30.8 Å². The number of likely N-dealkylation sites (tertiary alicyclic amines) is 1. The first-order chi connectivity index (χ1) is 7.59. The van der Waals surface area contributed by atoms with Crippen molar-refractivity contribution in [1.29, 1.82) is 0 Å². The Morgan fingerprint density at radius 3 is 2.75 bits per heavy atom. The van der Waals surface area contributed by atoms with Gasteiger partial charge in [-0.3, -0.25) is 4.90 Å². The number of nitrogens with two attached hydrogens (primary N) is 1. The molecule has 1 heterocycles. The molecule has 1 aliphatic rings. The van der Waals surface area contributed by atoms with E-state index < -0.39 is 0 Å². The van der Waals surface area contributed by atoms with Crippen molar-refractivity contribution in [3.63, 3.8) is 0 Å². The first-order valence-electron chi connectivity index (χ1n) is 6.74. The zero-order chi connectivity index (χ0) is 12.0. The maximum Gasteiger partial charge on any atom is 0.0223 e. The minimum Gasteiger partial charge on any atom is -0.328 e. The summed E-state index contributed by atoms with van der Waals surface area (Å²) in [7, 11) is 4.35. The molecule has 1 rings (SSSR count). The number of likely N-dealkylation sites (N-methyl/N-ethyl adjacent to an activating group) is 1. The van der Waals surface area contributed by atoms with Crippen molar-refractivity contribution in [1.82, 2.24) is 9.80 Å². The molecule has 1 saturated heterocycles. The summed E-state index contributed by atoms with van der Waals surface area (Å²) >= 11 is 0. The van der Waals surface area contributed by atoms with Crippen molar-refractivity contribution in [3.05, 3.63) is 0 Å². The average Bonchev–Trinajstić information content (AvgIpc) is 2.59. The van der Waals surface area contributed by atoms with Gasteiger partial charge in [0.05, 0.1) is 0 Å². The third-order valence-corrected chi connectivity index (χ3v) is 3.43. The number of hydrogen-bond acceptors (Lipinski definition) is 3. The molecule has 0 amide bonds. The fourth-order valence-corrected chi connectivity index (χ4v) is 2.60. The third kappa shape index (κ3) is 5.28. The molecule has 3 heteroatoms. The second-order valence-corrected chi connectivity index (χ2v) is 5.57. The SMILES string of the molecule is CC(N)CCCCN1CCCC1CN(C)C. The van der Waals surface area contributed by atoms with Gasteiger partial charge in [-0.15, -0.1) is 0 Å². The van der Waals surface area contributed by atoms with Gasteiger partial charge in [-0.25, -0.2) is 0 Å². The molecule has 0 aromatic rings. The van der Waals surface area contributed by atoms with Gasteiger partial charge in [-0.2, -0.15) is 0 Å². The van der Waals surface area contributed by atoms with Crippen LogP contribution in [0.1, 0.15) is 39.0 Å². The molecular formula is C13H29N3. The predicted octanol–water partition coefficient (Wildman–Crippen LogP) is 1.53. The molecule has 0 saturated carbocycles.